The number of nitrogens with zero attached hydrogens (tertiary/aromatic N) is 3. The largest absolute Gasteiger partial charge is 0.347 e. The zero-order valence-corrected chi connectivity index (χ0v) is 16.4. The Labute approximate surface area is 164 Å². The summed E-state index contributed by atoms with van der Waals surface area (Å²) >= 11 is 0. The van der Waals surface area contributed by atoms with Crippen LogP contribution in [0.5, 0.6) is 0 Å². The third kappa shape index (κ3) is 4.84. The molecule has 0 aliphatic carbocycles. The van der Waals surface area contributed by atoms with Crippen molar-refractivity contribution in [2.75, 3.05) is 25.0 Å². The number of carbonyl (C=O) groups excluding carboxylic acids is 2. The number of hydrogen-bond acceptors (Lipinski definition) is 6. The average molecular weight is 394 g/mol. The molecule has 3 rings (SSSR count). The summed E-state index contributed by atoms with van der Waals surface area (Å²) in [6, 6.07) is 6.02. The Bertz CT molecular complexity index is 823. The molecule has 0 saturated heterocycles. The van der Waals surface area contributed by atoms with Crippen molar-refractivity contribution < 1.29 is 14.1 Å². The third-order valence-corrected chi connectivity index (χ3v) is 4.46. The smallest absolute Gasteiger partial charge is 0.257 e. The van der Waals surface area contributed by atoms with Crippen molar-refractivity contribution in [2.45, 2.75) is 32.7 Å². The fourth-order valence-corrected chi connectivity index (χ4v) is 2.92. The molecule has 0 saturated carbocycles. The predicted octanol–water partition coefficient (Wildman–Crippen LogP) is 1.33. The Morgan fingerprint density at radius 2 is 2.15 bits per heavy atom. The maximum absolute atomic E-state index is 12.3. The number of hydrogen-bond donors (Lipinski definition) is 2. The molecule has 1 aliphatic heterocycles. The van der Waals surface area contributed by atoms with E-state index in [0.29, 0.717) is 24.7 Å². The molecular weight excluding hydrogens is 370 g/mol. The molecule has 9 heteroatoms. The lowest BCUT2D eigenvalue weighted by Crippen LogP contribution is -2.38. The van der Waals surface area contributed by atoms with Crippen molar-refractivity contribution in [3.05, 3.63) is 29.6 Å². The van der Waals surface area contributed by atoms with Crippen molar-refractivity contribution in [1.29, 1.82) is 0 Å². The molecule has 146 valence electrons. The SMILES string of the molecule is CNC(C)Cc1noc(-c2ccc3c(c2)CCN3C(=O)CNC(C)=O)n1.Cl. The van der Waals surface area contributed by atoms with Gasteiger partial charge in [0.15, 0.2) is 5.82 Å². The minimum Gasteiger partial charge on any atom is -0.347 e. The van der Waals surface area contributed by atoms with Gasteiger partial charge in [-0.2, -0.15) is 4.98 Å². The first kappa shape index (κ1) is 20.9. The average Bonchev–Trinajstić information content (AvgIpc) is 3.25. The first-order chi connectivity index (χ1) is 12.5. The fourth-order valence-electron chi connectivity index (χ4n) is 2.92. The van der Waals surface area contributed by atoms with Gasteiger partial charge in [-0.05, 0) is 44.2 Å². The van der Waals surface area contributed by atoms with Gasteiger partial charge in [0.25, 0.3) is 5.89 Å². The van der Waals surface area contributed by atoms with Crippen LogP contribution in [0.2, 0.25) is 0 Å². The van der Waals surface area contributed by atoms with E-state index in [-0.39, 0.29) is 36.8 Å². The van der Waals surface area contributed by atoms with E-state index in [9.17, 15) is 9.59 Å². The fraction of sp³-hybridized carbons (Fsp3) is 0.444. The van der Waals surface area contributed by atoms with Crippen LogP contribution in [0.15, 0.2) is 22.7 Å². The normalized spacial score (nSPS) is 13.7. The van der Waals surface area contributed by atoms with Gasteiger partial charge < -0.3 is 20.1 Å². The van der Waals surface area contributed by atoms with Gasteiger partial charge in [-0.15, -0.1) is 12.4 Å². The molecule has 8 nitrogen and oxygen atoms in total. The number of rotatable bonds is 6. The van der Waals surface area contributed by atoms with Crippen LogP contribution in [-0.4, -0.2) is 48.1 Å². The highest BCUT2D eigenvalue weighted by atomic mass is 35.5. The van der Waals surface area contributed by atoms with Gasteiger partial charge >= 0.3 is 0 Å². The van der Waals surface area contributed by atoms with E-state index in [1.807, 2.05) is 25.2 Å². The van der Waals surface area contributed by atoms with E-state index < -0.39 is 0 Å². The highest BCUT2D eigenvalue weighted by Gasteiger charge is 2.25. The van der Waals surface area contributed by atoms with Crippen molar-refractivity contribution in [3.8, 4) is 11.5 Å². The van der Waals surface area contributed by atoms with E-state index >= 15 is 0 Å². The van der Waals surface area contributed by atoms with E-state index in [0.717, 1.165) is 23.2 Å². The van der Waals surface area contributed by atoms with Gasteiger partial charge in [0.05, 0.1) is 6.54 Å². The molecule has 1 aliphatic rings. The van der Waals surface area contributed by atoms with Crippen LogP contribution in [0.25, 0.3) is 11.5 Å². The number of anilines is 1. The molecule has 1 aromatic heterocycles. The van der Waals surface area contributed by atoms with Crippen molar-refractivity contribution in [1.82, 2.24) is 20.8 Å². The minimum atomic E-state index is -0.215. The Hall–Kier alpha value is -2.45. The van der Waals surface area contributed by atoms with Gasteiger partial charge in [-0.3, -0.25) is 9.59 Å². The Morgan fingerprint density at radius 3 is 2.85 bits per heavy atom. The molecule has 0 fully saturated rings. The van der Waals surface area contributed by atoms with Crippen molar-refractivity contribution in [3.63, 3.8) is 0 Å². The number of amides is 2. The summed E-state index contributed by atoms with van der Waals surface area (Å²) < 4.78 is 5.38. The molecule has 27 heavy (non-hydrogen) atoms. The standard InChI is InChI=1S/C18H23N5O3.ClH/c1-11(19-3)8-16-21-18(26-22-16)14-4-5-15-13(9-14)6-7-23(15)17(25)10-20-12(2)24;/h4-5,9,11,19H,6-8,10H2,1-3H3,(H,20,24);1H. The van der Waals surface area contributed by atoms with Gasteiger partial charge in [-0.1, -0.05) is 5.16 Å². The minimum absolute atomic E-state index is 0. The van der Waals surface area contributed by atoms with Crippen LogP contribution in [0.1, 0.15) is 25.2 Å². The van der Waals surface area contributed by atoms with Gasteiger partial charge in [0.2, 0.25) is 11.8 Å². The molecule has 0 bridgehead atoms. The highest BCUT2D eigenvalue weighted by molar-refractivity contribution is 5.98. The number of nitrogens with one attached hydrogen (secondary N) is 2. The number of halogens is 1. The van der Waals surface area contributed by atoms with Crippen molar-refractivity contribution in [2.24, 2.45) is 0 Å². The maximum atomic E-state index is 12.3. The maximum Gasteiger partial charge on any atom is 0.257 e. The van der Waals surface area contributed by atoms with E-state index in [1.54, 1.807) is 4.90 Å². The summed E-state index contributed by atoms with van der Waals surface area (Å²) in [6.45, 7) is 4.06. The first-order valence-corrected chi connectivity index (χ1v) is 8.66. The molecule has 2 amide bonds. The third-order valence-electron chi connectivity index (χ3n) is 4.46. The quantitative estimate of drug-likeness (QED) is 0.768. The number of aromatic nitrogens is 2. The predicted molar refractivity (Wildman–Crippen MR) is 104 cm³/mol. The molecule has 1 atom stereocenters. The van der Waals surface area contributed by atoms with E-state index in [1.165, 1.54) is 6.92 Å². The number of fused-ring (bicyclic) bond motifs is 1. The monoisotopic (exact) mass is 393 g/mol. The summed E-state index contributed by atoms with van der Waals surface area (Å²) in [5, 5.41) is 9.72. The second-order valence-electron chi connectivity index (χ2n) is 6.46. The molecule has 2 heterocycles. The van der Waals surface area contributed by atoms with Gasteiger partial charge in [-0.25, -0.2) is 0 Å². The lowest BCUT2D eigenvalue weighted by atomic mass is 10.1. The molecule has 0 radical (unpaired) electrons. The van der Waals surface area contributed by atoms with E-state index in [4.69, 9.17) is 4.52 Å². The highest BCUT2D eigenvalue weighted by Crippen LogP contribution is 2.31. The Balaban J connectivity index is 0.00000261. The molecule has 2 aromatic rings. The molecule has 2 N–H and O–H groups in total. The lowest BCUT2D eigenvalue weighted by Gasteiger charge is -2.17. The van der Waals surface area contributed by atoms with Crippen molar-refractivity contribution >= 4 is 29.9 Å². The summed E-state index contributed by atoms with van der Waals surface area (Å²) in [4.78, 5) is 29.4. The van der Waals surface area contributed by atoms with Crippen LogP contribution < -0.4 is 15.5 Å². The zero-order chi connectivity index (χ0) is 18.7. The molecule has 1 aromatic carbocycles. The van der Waals surface area contributed by atoms with Crippen LogP contribution in [0.4, 0.5) is 5.69 Å². The Morgan fingerprint density at radius 1 is 1.37 bits per heavy atom. The van der Waals surface area contributed by atoms with Crippen LogP contribution in [-0.2, 0) is 22.4 Å². The summed E-state index contributed by atoms with van der Waals surface area (Å²) in [6.07, 6.45) is 1.45. The zero-order valence-electron chi connectivity index (χ0n) is 15.6. The van der Waals surface area contributed by atoms with Gasteiger partial charge in [0, 0.05) is 37.2 Å². The molecule has 0 spiro atoms. The van der Waals surface area contributed by atoms with Crippen LogP contribution >= 0.6 is 12.4 Å². The lowest BCUT2D eigenvalue weighted by molar-refractivity contribution is -0.123. The molecule has 1 unspecified atom stereocenters. The summed E-state index contributed by atoms with van der Waals surface area (Å²) in [5.74, 6) is 0.810. The summed E-state index contributed by atoms with van der Waals surface area (Å²) in [5.41, 5.74) is 2.77. The number of likely N-dealkylation sites (N-methyl/N-ethyl adjacent to an activating group) is 1. The van der Waals surface area contributed by atoms with E-state index in [2.05, 4.69) is 27.7 Å². The second kappa shape index (κ2) is 8.96. The second-order valence-corrected chi connectivity index (χ2v) is 6.46. The van der Waals surface area contributed by atoms with Crippen LogP contribution in [0.3, 0.4) is 0 Å². The number of carbonyl (C=O) groups is 2. The summed E-state index contributed by atoms with van der Waals surface area (Å²) in [7, 11) is 1.89. The number of benzene rings is 1. The topological polar surface area (TPSA) is 100 Å². The van der Waals surface area contributed by atoms with Crippen LogP contribution in [0, 0.1) is 0 Å². The first-order valence-electron chi connectivity index (χ1n) is 8.66. The molecular formula is C18H24ClN5O3. The Kier molecular flexibility index (Phi) is 6.92. The van der Waals surface area contributed by atoms with Gasteiger partial charge in [0.1, 0.15) is 0 Å².